The van der Waals surface area contributed by atoms with Gasteiger partial charge < -0.3 is 9.64 Å². The summed E-state index contributed by atoms with van der Waals surface area (Å²) in [5.74, 6) is 1.31. The van der Waals surface area contributed by atoms with Crippen LogP contribution in [0.15, 0.2) is 42.5 Å². The molecule has 0 saturated carbocycles. The molecule has 1 saturated heterocycles. The Labute approximate surface area is 176 Å². The molecule has 5 nitrogen and oxygen atoms in total. The van der Waals surface area contributed by atoms with Gasteiger partial charge in [-0.15, -0.1) is 11.3 Å². The van der Waals surface area contributed by atoms with Crippen LogP contribution in [0, 0.1) is 17.2 Å². The topological polar surface area (TPSA) is 52.4 Å². The van der Waals surface area contributed by atoms with Crippen molar-refractivity contribution in [2.24, 2.45) is 5.92 Å². The van der Waals surface area contributed by atoms with Crippen LogP contribution < -0.4 is 9.64 Å². The van der Waals surface area contributed by atoms with Crippen LogP contribution >= 0.6 is 11.3 Å². The first-order valence-corrected chi connectivity index (χ1v) is 10.9. The number of ether oxygens (including phenoxy) is 1. The number of aromatic nitrogens is 1. The van der Waals surface area contributed by atoms with E-state index in [4.69, 9.17) is 9.72 Å². The van der Waals surface area contributed by atoms with Crippen molar-refractivity contribution in [2.75, 3.05) is 37.7 Å². The summed E-state index contributed by atoms with van der Waals surface area (Å²) >= 11 is 1.78. The molecule has 2 aromatic carbocycles. The van der Waals surface area contributed by atoms with Crippen LogP contribution in [0.4, 0.5) is 5.69 Å². The van der Waals surface area contributed by atoms with Crippen molar-refractivity contribution >= 4 is 27.2 Å². The number of para-hydroxylation sites is 1. The highest BCUT2D eigenvalue weighted by molar-refractivity contribution is 7.18. The van der Waals surface area contributed by atoms with Crippen LogP contribution in [0.25, 0.3) is 10.2 Å². The number of hydrogen-bond donors (Lipinski definition) is 0. The first kappa shape index (κ1) is 19.7. The van der Waals surface area contributed by atoms with E-state index in [1.54, 1.807) is 11.3 Å². The molecular weight excluding hydrogens is 380 g/mol. The van der Waals surface area contributed by atoms with Gasteiger partial charge in [0.1, 0.15) is 16.8 Å². The summed E-state index contributed by atoms with van der Waals surface area (Å²) in [4.78, 5) is 9.51. The lowest BCUT2D eigenvalue weighted by Gasteiger charge is -2.36. The molecule has 2 heterocycles. The second kappa shape index (κ2) is 8.81. The van der Waals surface area contributed by atoms with Crippen LogP contribution in [0.5, 0.6) is 5.75 Å². The predicted molar refractivity (Wildman–Crippen MR) is 119 cm³/mol. The predicted octanol–water partition coefficient (Wildman–Crippen LogP) is 4.52. The zero-order chi connectivity index (χ0) is 20.2. The normalized spacial score (nSPS) is 15.0. The first-order valence-electron chi connectivity index (χ1n) is 10.1. The highest BCUT2D eigenvalue weighted by Gasteiger charge is 2.21. The van der Waals surface area contributed by atoms with Crippen molar-refractivity contribution < 1.29 is 4.74 Å². The fraction of sp³-hybridized carbons (Fsp3) is 0.391. The number of nitriles is 1. The first-order chi connectivity index (χ1) is 14.1. The quantitative estimate of drug-likeness (QED) is 0.602. The minimum atomic E-state index is 0.472. The van der Waals surface area contributed by atoms with Gasteiger partial charge in [0.05, 0.1) is 34.6 Å². The Hall–Kier alpha value is -2.62. The van der Waals surface area contributed by atoms with Crippen molar-refractivity contribution in [1.82, 2.24) is 9.88 Å². The van der Waals surface area contributed by atoms with Gasteiger partial charge in [-0.3, -0.25) is 4.90 Å². The van der Waals surface area contributed by atoms with E-state index >= 15 is 0 Å². The van der Waals surface area contributed by atoms with E-state index in [9.17, 15) is 5.26 Å². The van der Waals surface area contributed by atoms with Crippen molar-refractivity contribution in [3.8, 4) is 11.8 Å². The fourth-order valence-corrected chi connectivity index (χ4v) is 4.56. The molecule has 0 N–H and O–H groups in total. The van der Waals surface area contributed by atoms with E-state index in [1.807, 2.05) is 24.3 Å². The SMILES string of the molecule is CC(C)COc1ccc(C#N)c(N2CCN(Cc3nc4ccccc4s3)CC2)c1. The number of thiazole rings is 1. The molecule has 0 radical (unpaired) electrons. The highest BCUT2D eigenvalue weighted by atomic mass is 32.1. The summed E-state index contributed by atoms with van der Waals surface area (Å²) in [5.41, 5.74) is 2.78. The third kappa shape index (κ3) is 4.69. The van der Waals surface area contributed by atoms with E-state index in [-0.39, 0.29) is 0 Å². The third-order valence-corrected chi connectivity index (χ3v) is 6.10. The van der Waals surface area contributed by atoms with E-state index in [2.05, 4.69) is 47.9 Å². The Kier molecular flexibility index (Phi) is 5.98. The number of rotatable bonds is 6. The summed E-state index contributed by atoms with van der Waals surface area (Å²) in [5, 5.41) is 10.7. The molecule has 1 aliphatic heterocycles. The Morgan fingerprint density at radius 2 is 1.93 bits per heavy atom. The maximum Gasteiger partial charge on any atom is 0.121 e. The Morgan fingerprint density at radius 1 is 1.14 bits per heavy atom. The maximum absolute atomic E-state index is 9.54. The molecule has 1 fully saturated rings. The average Bonchev–Trinajstić information content (AvgIpc) is 3.15. The van der Waals surface area contributed by atoms with Crippen LogP contribution in [-0.4, -0.2) is 42.7 Å². The molecule has 29 heavy (non-hydrogen) atoms. The van der Waals surface area contributed by atoms with Gasteiger partial charge in [-0.05, 0) is 30.2 Å². The van der Waals surface area contributed by atoms with E-state index in [0.717, 1.165) is 49.7 Å². The zero-order valence-corrected chi connectivity index (χ0v) is 17.8. The summed E-state index contributed by atoms with van der Waals surface area (Å²) in [6, 6.07) is 16.4. The van der Waals surface area contributed by atoms with Gasteiger partial charge in [0.25, 0.3) is 0 Å². The Balaban J connectivity index is 1.41. The largest absolute Gasteiger partial charge is 0.493 e. The van der Waals surface area contributed by atoms with E-state index in [1.165, 1.54) is 9.71 Å². The van der Waals surface area contributed by atoms with Gasteiger partial charge in [-0.25, -0.2) is 4.98 Å². The molecule has 0 bridgehead atoms. The van der Waals surface area contributed by atoms with Crippen molar-refractivity contribution in [3.05, 3.63) is 53.0 Å². The summed E-state index contributed by atoms with van der Waals surface area (Å²) in [7, 11) is 0. The van der Waals surface area contributed by atoms with Gasteiger partial charge in [-0.2, -0.15) is 5.26 Å². The maximum atomic E-state index is 9.54. The number of nitrogens with zero attached hydrogens (tertiary/aromatic N) is 4. The Bertz CT molecular complexity index is 982. The average molecular weight is 407 g/mol. The van der Waals surface area contributed by atoms with E-state index < -0.39 is 0 Å². The van der Waals surface area contributed by atoms with Crippen LogP contribution in [-0.2, 0) is 6.54 Å². The number of hydrogen-bond acceptors (Lipinski definition) is 6. The summed E-state index contributed by atoms with van der Waals surface area (Å²) in [6.07, 6.45) is 0. The standard InChI is InChI=1S/C23H26N4OS/c1-17(2)16-28-19-8-7-18(14-24)21(13-19)27-11-9-26(10-12-27)15-23-25-20-5-3-4-6-22(20)29-23/h3-8,13,17H,9-12,15-16H2,1-2H3. The molecule has 6 heteroatoms. The van der Waals surface area contributed by atoms with Crippen LogP contribution in [0.1, 0.15) is 24.4 Å². The van der Waals surface area contributed by atoms with Crippen LogP contribution in [0.2, 0.25) is 0 Å². The fourth-order valence-electron chi connectivity index (χ4n) is 3.55. The number of benzene rings is 2. The van der Waals surface area contributed by atoms with Crippen molar-refractivity contribution in [1.29, 1.82) is 5.26 Å². The molecule has 0 amide bonds. The monoisotopic (exact) mass is 406 g/mol. The Morgan fingerprint density at radius 3 is 2.66 bits per heavy atom. The van der Waals surface area contributed by atoms with Gasteiger partial charge >= 0.3 is 0 Å². The highest BCUT2D eigenvalue weighted by Crippen LogP contribution is 2.28. The second-order valence-corrected chi connectivity index (χ2v) is 8.95. The molecule has 0 spiro atoms. The zero-order valence-electron chi connectivity index (χ0n) is 17.0. The minimum absolute atomic E-state index is 0.472. The van der Waals surface area contributed by atoms with E-state index in [0.29, 0.717) is 18.1 Å². The lowest BCUT2D eigenvalue weighted by Crippen LogP contribution is -2.46. The second-order valence-electron chi connectivity index (χ2n) is 7.83. The van der Waals surface area contributed by atoms with Gasteiger partial charge in [-0.1, -0.05) is 26.0 Å². The van der Waals surface area contributed by atoms with Gasteiger partial charge in [0, 0.05) is 32.2 Å². The molecule has 3 aromatic rings. The molecular formula is C23H26N4OS. The molecule has 150 valence electrons. The molecule has 0 aliphatic carbocycles. The summed E-state index contributed by atoms with van der Waals surface area (Å²) < 4.78 is 7.12. The smallest absolute Gasteiger partial charge is 0.121 e. The number of piperazine rings is 1. The van der Waals surface area contributed by atoms with Crippen molar-refractivity contribution in [2.45, 2.75) is 20.4 Å². The minimum Gasteiger partial charge on any atom is -0.493 e. The molecule has 4 rings (SSSR count). The summed E-state index contributed by atoms with van der Waals surface area (Å²) in [6.45, 7) is 9.54. The lowest BCUT2D eigenvalue weighted by atomic mass is 10.1. The molecule has 0 atom stereocenters. The number of fused-ring (bicyclic) bond motifs is 1. The molecule has 0 unspecified atom stereocenters. The van der Waals surface area contributed by atoms with Gasteiger partial charge in [0.2, 0.25) is 0 Å². The third-order valence-electron chi connectivity index (χ3n) is 5.08. The lowest BCUT2D eigenvalue weighted by molar-refractivity contribution is 0.249. The van der Waals surface area contributed by atoms with Crippen molar-refractivity contribution in [3.63, 3.8) is 0 Å². The molecule has 1 aromatic heterocycles. The molecule has 1 aliphatic rings. The van der Waals surface area contributed by atoms with Crippen LogP contribution in [0.3, 0.4) is 0 Å². The number of anilines is 1. The van der Waals surface area contributed by atoms with Gasteiger partial charge in [0.15, 0.2) is 0 Å².